The Bertz CT molecular complexity index is 901. The van der Waals surface area contributed by atoms with Crippen LogP contribution in [0.4, 0.5) is 13.2 Å². The molecule has 126 valence electrons. The van der Waals surface area contributed by atoms with Gasteiger partial charge in [0.05, 0.1) is 29.1 Å². The molecule has 0 aliphatic rings. The van der Waals surface area contributed by atoms with Gasteiger partial charge in [0.25, 0.3) is 5.91 Å². The zero-order valence-electron chi connectivity index (χ0n) is 12.3. The van der Waals surface area contributed by atoms with Gasteiger partial charge in [0.15, 0.2) is 5.65 Å². The molecule has 0 aromatic carbocycles. The molecule has 5 nitrogen and oxygen atoms in total. The van der Waals surface area contributed by atoms with Gasteiger partial charge in [0.2, 0.25) is 0 Å². The standard InChI is InChI=1S/C15H11ClF3N3O2/c1-8-12(14(23)20-6-10-3-2-4-24-10)22-7-9(15(17,18)19)5-11(16)13(22)21-8/h2-5,7H,6H2,1H3,(H,20,23). The van der Waals surface area contributed by atoms with Crippen molar-refractivity contribution in [1.29, 1.82) is 0 Å². The number of furan rings is 1. The molecule has 0 saturated heterocycles. The highest BCUT2D eigenvalue weighted by Gasteiger charge is 2.32. The largest absolute Gasteiger partial charge is 0.467 e. The first-order chi connectivity index (χ1) is 11.3. The molecule has 0 bridgehead atoms. The summed E-state index contributed by atoms with van der Waals surface area (Å²) in [5.41, 5.74) is -0.611. The third-order valence-corrected chi connectivity index (χ3v) is 3.67. The summed E-state index contributed by atoms with van der Waals surface area (Å²) in [6, 6.07) is 4.12. The number of nitrogens with zero attached hydrogens (tertiary/aromatic N) is 2. The second-order valence-electron chi connectivity index (χ2n) is 5.08. The van der Waals surface area contributed by atoms with E-state index < -0.39 is 17.6 Å². The molecule has 0 saturated carbocycles. The predicted molar refractivity (Wildman–Crippen MR) is 79.8 cm³/mol. The number of carbonyl (C=O) groups is 1. The van der Waals surface area contributed by atoms with Gasteiger partial charge in [-0.05, 0) is 25.1 Å². The van der Waals surface area contributed by atoms with E-state index in [1.165, 1.54) is 13.2 Å². The number of carbonyl (C=O) groups excluding carboxylic acids is 1. The molecular weight excluding hydrogens is 347 g/mol. The molecule has 1 N–H and O–H groups in total. The molecule has 24 heavy (non-hydrogen) atoms. The maximum Gasteiger partial charge on any atom is 0.417 e. The van der Waals surface area contributed by atoms with Crippen molar-refractivity contribution < 1.29 is 22.4 Å². The number of hydrogen-bond acceptors (Lipinski definition) is 3. The fourth-order valence-corrected chi connectivity index (χ4v) is 2.56. The van der Waals surface area contributed by atoms with Gasteiger partial charge >= 0.3 is 6.18 Å². The third kappa shape index (κ3) is 2.96. The van der Waals surface area contributed by atoms with Crippen LogP contribution in [0.5, 0.6) is 0 Å². The number of imidazole rings is 1. The summed E-state index contributed by atoms with van der Waals surface area (Å²) in [6.45, 7) is 1.63. The summed E-state index contributed by atoms with van der Waals surface area (Å²) in [4.78, 5) is 16.5. The molecule has 0 unspecified atom stereocenters. The smallest absolute Gasteiger partial charge is 0.417 e. The molecule has 0 atom stereocenters. The SMILES string of the molecule is Cc1nc2c(Cl)cc(C(F)(F)F)cn2c1C(=O)NCc1ccco1. The van der Waals surface area contributed by atoms with E-state index in [0.29, 0.717) is 5.76 Å². The molecule has 3 rings (SSSR count). The Morgan fingerprint density at radius 3 is 2.83 bits per heavy atom. The topological polar surface area (TPSA) is 59.5 Å². The van der Waals surface area contributed by atoms with E-state index >= 15 is 0 Å². The molecule has 3 aromatic rings. The molecule has 0 spiro atoms. The minimum atomic E-state index is -4.59. The number of aryl methyl sites for hydroxylation is 1. The van der Waals surface area contributed by atoms with E-state index in [2.05, 4.69) is 10.3 Å². The van der Waals surface area contributed by atoms with Crippen LogP contribution >= 0.6 is 11.6 Å². The van der Waals surface area contributed by atoms with Crippen molar-refractivity contribution in [2.24, 2.45) is 0 Å². The highest BCUT2D eigenvalue weighted by molar-refractivity contribution is 6.33. The number of aromatic nitrogens is 2. The average molecular weight is 358 g/mol. The minimum Gasteiger partial charge on any atom is -0.467 e. The van der Waals surface area contributed by atoms with E-state index in [-0.39, 0.29) is 28.6 Å². The van der Waals surface area contributed by atoms with Crippen LogP contribution in [0, 0.1) is 6.92 Å². The van der Waals surface area contributed by atoms with Crippen molar-refractivity contribution >= 4 is 23.2 Å². The maximum atomic E-state index is 13.0. The van der Waals surface area contributed by atoms with Crippen LogP contribution in [-0.2, 0) is 12.7 Å². The van der Waals surface area contributed by atoms with Gasteiger partial charge in [-0.2, -0.15) is 13.2 Å². The molecular formula is C15H11ClF3N3O2. The fraction of sp³-hybridized carbons (Fsp3) is 0.200. The molecule has 0 fully saturated rings. The monoisotopic (exact) mass is 357 g/mol. The second-order valence-corrected chi connectivity index (χ2v) is 5.48. The van der Waals surface area contributed by atoms with Crippen LogP contribution in [0.2, 0.25) is 5.02 Å². The lowest BCUT2D eigenvalue weighted by molar-refractivity contribution is -0.137. The van der Waals surface area contributed by atoms with Crippen LogP contribution in [0.25, 0.3) is 5.65 Å². The Balaban J connectivity index is 2.01. The van der Waals surface area contributed by atoms with Gasteiger partial charge in [0.1, 0.15) is 11.5 Å². The molecule has 9 heteroatoms. The Morgan fingerprint density at radius 1 is 1.46 bits per heavy atom. The summed E-state index contributed by atoms with van der Waals surface area (Å²) < 4.78 is 45.0. The molecule has 0 aliphatic carbocycles. The Labute approximate surface area is 139 Å². The normalized spacial score (nSPS) is 11.9. The first-order valence-electron chi connectivity index (χ1n) is 6.83. The lowest BCUT2D eigenvalue weighted by Gasteiger charge is -2.10. The number of amides is 1. The van der Waals surface area contributed by atoms with Gasteiger partial charge in [-0.1, -0.05) is 11.6 Å². The van der Waals surface area contributed by atoms with Gasteiger partial charge in [-0.25, -0.2) is 4.98 Å². The van der Waals surface area contributed by atoms with E-state index in [9.17, 15) is 18.0 Å². The molecule has 3 heterocycles. The number of alkyl halides is 3. The van der Waals surface area contributed by atoms with Crippen LogP contribution in [0.15, 0.2) is 35.1 Å². The third-order valence-electron chi connectivity index (χ3n) is 3.40. The van der Waals surface area contributed by atoms with E-state index in [1.54, 1.807) is 12.1 Å². The van der Waals surface area contributed by atoms with Crippen LogP contribution in [-0.4, -0.2) is 15.3 Å². The Hall–Kier alpha value is -2.48. The summed E-state index contributed by atoms with van der Waals surface area (Å²) in [5.74, 6) is -0.0596. The lowest BCUT2D eigenvalue weighted by atomic mass is 10.2. The number of pyridine rings is 1. The highest BCUT2D eigenvalue weighted by atomic mass is 35.5. The lowest BCUT2D eigenvalue weighted by Crippen LogP contribution is -2.25. The van der Waals surface area contributed by atoms with Crippen molar-refractivity contribution in [3.8, 4) is 0 Å². The van der Waals surface area contributed by atoms with Gasteiger partial charge in [-0.3, -0.25) is 9.20 Å². The number of fused-ring (bicyclic) bond motifs is 1. The maximum absolute atomic E-state index is 13.0. The summed E-state index contributed by atoms with van der Waals surface area (Å²) in [7, 11) is 0. The average Bonchev–Trinajstić information content (AvgIpc) is 3.11. The summed E-state index contributed by atoms with van der Waals surface area (Å²) in [5, 5.41) is 2.40. The molecule has 3 aromatic heterocycles. The summed E-state index contributed by atoms with van der Waals surface area (Å²) in [6.07, 6.45) is -2.32. The van der Waals surface area contributed by atoms with Crippen LogP contribution < -0.4 is 5.32 Å². The fourth-order valence-electron chi connectivity index (χ4n) is 2.31. The zero-order chi connectivity index (χ0) is 17.5. The van der Waals surface area contributed by atoms with Crippen LogP contribution in [0.1, 0.15) is 27.5 Å². The van der Waals surface area contributed by atoms with Gasteiger partial charge in [-0.15, -0.1) is 0 Å². The molecule has 0 radical (unpaired) electrons. The predicted octanol–water partition coefficient (Wildman–Crippen LogP) is 3.84. The Kier molecular flexibility index (Phi) is 4.00. The first-order valence-corrected chi connectivity index (χ1v) is 7.21. The molecule has 1 amide bonds. The second kappa shape index (κ2) is 5.86. The van der Waals surface area contributed by atoms with Crippen LogP contribution in [0.3, 0.4) is 0 Å². The minimum absolute atomic E-state index is 0.00967. The van der Waals surface area contributed by atoms with Gasteiger partial charge in [0, 0.05) is 6.20 Å². The van der Waals surface area contributed by atoms with Crippen molar-refractivity contribution in [1.82, 2.24) is 14.7 Å². The van der Waals surface area contributed by atoms with Crippen molar-refractivity contribution in [3.63, 3.8) is 0 Å². The zero-order valence-corrected chi connectivity index (χ0v) is 13.1. The van der Waals surface area contributed by atoms with E-state index in [4.69, 9.17) is 16.0 Å². The summed E-state index contributed by atoms with van der Waals surface area (Å²) >= 11 is 5.89. The quantitative estimate of drug-likeness (QED) is 0.774. The number of halogens is 4. The van der Waals surface area contributed by atoms with E-state index in [0.717, 1.165) is 16.7 Å². The Morgan fingerprint density at radius 2 is 2.21 bits per heavy atom. The number of nitrogens with one attached hydrogen (secondary N) is 1. The van der Waals surface area contributed by atoms with Gasteiger partial charge < -0.3 is 9.73 Å². The number of rotatable bonds is 3. The highest BCUT2D eigenvalue weighted by Crippen LogP contribution is 2.33. The molecule has 0 aliphatic heterocycles. The van der Waals surface area contributed by atoms with Crippen molar-refractivity contribution in [3.05, 3.63) is 58.4 Å². The first kappa shape index (κ1) is 16.4. The van der Waals surface area contributed by atoms with Crippen molar-refractivity contribution in [2.75, 3.05) is 0 Å². The van der Waals surface area contributed by atoms with E-state index in [1.807, 2.05) is 0 Å². The number of hydrogen-bond donors (Lipinski definition) is 1. The van der Waals surface area contributed by atoms with Crippen molar-refractivity contribution in [2.45, 2.75) is 19.6 Å².